The second-order valence-electron chi connectivity index (χ2n) is 6.64. The summed E-state index contributed by atoms with van der Waals surface area (Å²) in [7, 11) is 1.64. The molecule has 7 nitrogen and oxygen atoms in total. The maximum atomic E-state index is 13.0. The fourth-order valence-corrected chi connectivity index (χ4v) is 7.05. The SMILES string of the molecule is CCOC(=O)N1CCc2c(sc3c2C(=O)NC(c2cc(I)cc(I)c2OC)N3)C1. The number of amides is 2. The van der Waals surface area contributed by atoms with Gasteiger partial charge in [0.1, 0.15) is 16.9 Å². The summed E-state index contributed by atoms with van der Waals surface area (Å²) in [6, 6.07) is 4.05. The third kappa shape index (κ3) is 3.90. The maximum absolute atomic E-state index is 13.0. The number of rotatable bonds is 3. The van der Waals surface area contributed by atoms with Crippen molar-refractivity contribution in [2.45, 2.75) is 26.1 Å². The van der Waals surface area contributed by atoms with E-state index in [1.807, 2.05) is 12.1 Å². The van der Waals surface area contributed by atoms with Gasteiger partial charge in [0.15, 0.2) is 0 Å². The molecule has 2 aromatic rings. The molecule has 2 aliphatic heterocycles. The van der Waals surface area contributed by atoms with Crippen LogP contribution in [-0.2, 0) is 17.7 Å². The molecule has 2 amide bonds. The van der Waals surface area contributed by atoms with Gasteiger partial charge in [-0.25, -0.2) is 4.79 Å². The third-order valence-corrected chi connectivity index (χ3v) is 7.49. The fraction of sp³-hybridized carbons (Fsp3) is 0.368. The minimum absolute atomic E-state index is 0.0956. The molecule has 0 saturated heterocycles. The molecule has 0 bridgehead atoms. The Kier molecular flexibility index (Phi) is 6.11. The first-order valence-electron chi connectivity index (χ1n) is 9.09. The van der Waals surface area contributed by atoms with Gasteiger partial charge in [0.25, 0.3) is 5.91 Å². The van der Waals surface area contributed by atoms with Gasteiger partial charge in [-0.1, -0.05) is 0 Å². The molecular weight excluding hydrogens is 620 g/mol. The van der Waals surface area contributed by atoms with Crippen molar-refractivity contribution < 1.29 is 19.1 Å². The van der Waals surface area contributed by atoms with Crippen LogP contribution < -0.4 is 15.4 Å². The number of anilines is 1. The molecule has 2 N–H and O–H groups in total. The first-order chi connectivity index (χ1) is 13.9. The molecule has 10 heteroatoms. The smallest absolute Gasteiger partial charge is 0.410 e. The lowest BCUT2D eigenvalue weighted by atomic mass is 10.0. The van der Waals surface area contributed by atoms with E-state index < -0.39 is 0 Å². The average Bonchev–Trinajstić information content (AvgIpc) is 3.05. The van der Waals surface area contributed by atoms with Crippen molar-refractivity contribution in [3.05, 3.63) is 40.8 Å². The van der Waals surface area contributed by atoms with Gasteiger partial charge >= 0.3 is 6.09 Å². The van der Waals surface area contributed by atoms with Crippen molar-refractivity contribution in [3.63, 3.8) is 0 Å². The minimum Gasteiger partial charge on any atom is -0.495 e. The number of carbonyl (C=O) groups is 2. The zero-order valence-corrected chi connectivity index (χ0v) is 20.9. The van der Waals surface area contributed by atoms with Gasteiger partial charge in [0.2, 0.25) is 0 Å². The number of nitrogens with zero attached hydrogens (tertiary/aromatic N) is 1. The van der Waals surface area contributed by atoms with E-state index in [2.05, 4.69) is 55.8 Å². The first kappa shape index (κ1) is 21.0. The molecule has 0 fully saturated rings. The maximum Gasteiger partial charge on any atom is 0.410 e. The van der Waals surface area contributed by atoms with Crippen LogP contribution in [0.15, 0.2) is 12.1 Å². The third-order valence-electron chi connectivity index (χ3n) is 4.91. The fourth-order valence-electron chi connectivity index (χ4n) is 3.65. The number of carbonyl (C=O) groups excluding carboxylic acids is 2. The Morgan fingerprint density at radius 1 is 1.34 bits per heavy atom. The normalized spacial score (nSPS) is 17.7. The second kappa shape index (κ2) is 8.46. The van der Waals surface area contributed by atoms with E-state index in [-0.39, 0.29) is 18.2 Å². The summed E-state index contributed by atoms with van der Waals surface area (Å²) in [4.78, 5) is 27.8. The zero-order valence-electron chi connectivity index (χ0n) is 15.8. The average molecular weight is 639 g/mol. The molecule has 29 heavy (non-hydrogen) atoms. The minimum atomic E-state index is -0.380. The number of hydrogen-bond acceptors (Lipinski definition) is 6. The molecule has 1 aromatic heterocycles. The Morgan fingerprint density at radius 3 is 2.86 bits per heavy atom. The van der Waals surface area contributed by atoms with Crippen LogP contribution >= 0.6 is 56.5 Å². The highest BCUT2D eigenvalue weighted by Crippen LogP contribution is 2.42. The highest BCUT2D eigenvalue weighted by Gasteiger charge is 2.35. The van der Waals surface area contributed by atoms with Crippen LogP contribution in [0.2, 0.25) is 0 Å². The Labute approximate surface area is 199 Å². The predicted octanol–water partition coefficient (Wildman–Crippen LogP) is 4.33. The lowest BCUT2D eigenvalue weighted by Crippen LogP contribution is -2.39. The lowest BCUT2D eigenvalue weighted by molar-refractivity contribution is 0.0933. The van der Waals surface area contributed by atoms with Crippen LogP contribution in [0, 0.1) is 7.14 Å². The summed E-state index contributed by atoms with van der Waals surface area (Å²) in [6.45, 7) is 3.17. The van der Waals surface area contributed by atoms with E-state index >= 15 is 0 Å². The summed E-state index contributed by atoms with van der Waals surface area (Å²) in [5.74, 6) is 0.656. The topological polar surface area (TPSA) is 79.9 Å². The van der Waals surface area contributed by atoms with Crippen molar-refractivity contribution in [2.75, 3.05) is 25.6 Å². The number of hydrogen-bond donors (Lipinski definition) is 2. The van der Waals surface area contributed by atoms with E-state index in [1.54, 1.807) is 18.9 Å². The largest absolute Gasteiger partial charge is 0.495 e. The Morgan fingerprint density at radius 2 is 2.14 bits per heavy atom. The number of ether oxygens (including phenoxy) is 2. The Bertz CT molecular complexity index is 994. The summed E-state index contributed by atoms with van der Waals surface area (Å²) in [5, 5.41) is 7.38. The monoisotopic (exact) mass is 639 g/mol. The van der Waals surface area contributed by atoms with Crippen molar-refractivity contribution in [1.82, 2.24) is 10.2 Å². The predicted molar refractivity (Wildman–Crippen MR) is 128 cm³/mol. The molecule has 0 aliphatic carbocycles. The molecule has 0 saturated carbocycles. The highest BCUT2D eigenvalue weighted by molar-refractivity contribution is 14.1. The van der Waals surface area contributed by atoms with E-state index in [4.69, 9.17) is 9.47 Å². The summed E-state index contributed by atoms with van der Waals surface area (Å²) in [6.07, 6.45) is -0.0445. The first-order valence-corrected chi connectivity index (χ1v) is 12.1. The Balaban J connectivity index is 1.65. The van der Waals surface area contributed by atoms with Crippen LogP contribution in [0.1, 0.15) is 39.5 Å². The van der Waals surface area contributed by atoms with Gasteiger partial charge in [0, 0.05) is 20.6 Å². The number of thiophene rings is 1. The number of benzene rings is 1. The summed E-state index contributed by atoms with van der Waals surface area (Å²) in [5.41, 5.74) is 2.62. The molecule has 3 heterocycles. The van der Waals surface area contributed by atoms with Gasteiger partial charge in [-0.3, -0.25) is 4.79 Å². The van der Waals surface area contributed by atoms with Crippen LogP contribution in [0.4, 0.5) is 9.80 Å². The van der Waals surface area contributed by atoms with E-state index in [1.165, 1.54) is 11.3 Å². The van der Waals surface area contributed by atoms with Crippen LogP contribution in [0.5, 0.6) is 5.75 Å². The quantitative estimate of drug-likeness (QED) is 0.490. The number of methoxy groups -OCH3 is 1. The van der Waals surface area contributed by atoms with Crippen molar-refractivity contribution >= 4 is 73.5 Å². The molecule has 2 aliphatic rings. The van der Waals surface area contributed by atoms with E-state index in [0.717, 1.165) is 33.9 Å². The highest BCUT2D eigenvalue weighted by atomic mass is 127. The zero-order chi connectivity index (χ0) is 20.7. The molecule has 1 unspecified atom stereocenters. The van der Waals surface area contributed by atoms with Gasteiger partial charge in [-0.05, 0) is 76.2 Å². The van der Waals surface area contributed by atoms with Crippen molar-refractivity contribution in [3.8, 4) is 5.75 Å². The Hall–Kier alpha value is -1.28. The molecule has 1 aromatic carbocycles. The van der Waals surface area contributed by atoms with Crippen LogP contribution in [0.25, 0.3) is 0 Å². The van der Waals surface area contributed by atoms with Gasteiger partial charge < -0.3 is 25.0 Å². The number of nitrogens with one attached hydrogen (secondary N) is 2. The molecule has 154 valence electrons. The molecule has 0 spiro atoms. The molecular formula is C19H19I2N3O4S. The molecule has 1 atom stereocenters. The lowest BCUT2D eigenvalue weighted by Gasteiger charge is -2.29. The number of fused-ring (bicyclic) bond motifs is 3. The van der Waals surface area contributed by atoms with Crippen molar-refractivity contribution in [1.29, 1.82) is 0 Å². The standard InChI is InChI=1S/C19H19I2N3O4S/c1-3-28-19(26)24-5-4-10-13(8-24)29-18-14(10)17(25)22-16(23-18)11-6-9(20)7-12(21)15(11)27-2/h6-7,16,23H,3-5,8H2,1-2H3,(H,22,25). The van der Waals surface area contributed by atoms with Crippen LogP contribution in [0.3, 0.4) is 0 Å². The van der Waals surface area contributed by atoms with E-state index in [9.17, 15) is 9.59 Å². The van der Waals surface area contributed by atoms with Gasteiger partial charge in [-0.2, -0.15) is 0 Å². The second-order valence-corrected chi connectivity index (χ2v) is 10.2. The van der Waals surface area contributed by atoms with Crippen molar-refractivity contribution in [2.24, 2.45) is 0 Å². The molecule has 0 radical (unpaired) electrons. The molecule has 4 rings (SSSR count). The van der Waals surface area contributed by atoms with Crippen LogP contribution in [-0.4, -0.2) is 37.2 Å². The van der Waals surface area contributed by atoms with Gasteiger partial charge in [0.05, 0.1) is 29.4 Å². The summed E-state index contributed by atoms with van der Waals surface area (Å²) < 4.78 is 12.8. The van der Waals surface area contributed by atoms with E-state index in [0.29, 0.717) is 31.7 Å². The summed E-state index contributed by atoms with van der Waals surface area (Å²) >= 11 is 6.04. The number of halogens is 2. The van der Waals surface area contributed by atoms with Gasteiger partial charge in [-0.15, -0.1) is 11.3 Å².